The molecular formula is C21H29N5O2V. The molecule has 0 saturated carbocycles. The SMILES string of the molecule is [CH2-]C1CN(C(=O)OC(C)(C)C)CCN(c2[c-]cc(N=CN(C)C)c(C#N)c2)C1.[V+2]. The Balaban J connectivity index is 0.00000420. The Labute approximate surface area is 186 Å². The molecule has 0 N–H and O–H groups in total. The Hall–Kier alpha value is -2.17. The van der Waals surface area contributed by atoms with E-state index in [1.807, 2.05) is 39.8 Å². The standard InChI is InChI=1S/C21H29N5O2.V/c1-16-13-25(9-10-26(14-16)20(27)28-21(2,3)4)18-7-8-19(17(11-18)12-22)23-15-24(5)6;/h8,11,15-16H,1,9-10,13-14H2,2-6H3;/q-2;+2. The zero-order chi connectivity index (χ0) is 20.9. The molecule has 0 spiro atoms. The van der Waals surface area contributed by atoms with Gasteiger partial charge in [-0.15, -0.1) is 18.1 Å². The molecule has 0 aliphatic carbocycles. The molecule has 1 amide bonds. The monoisotopic (exact) mass is 434 g/mol. The van der Waals surface area contributed by atoms with Gasteiger partial charge in [-0.05, 0) is 38.6 Å². The van der Waals surface area contributed by atoms with Gasteiger partial charge in [-0.1, -0.05) is 5.69 Å². The number of carbonyl (C=O) groups excluding carboxylic acids is 1. The molecule has 1 aliphatic heterocycles. The van der Waals surface area contributed by atoms with Gasteiger partial charge in [0.25, 0.3) is 0 Å². The first kappa shape index (κ1) is 24.9. The average molecular weight is 434 g/mol. The van der Waals surface area contributed by atoms with Crippen LogP contribution in [0.15, 0.2) is 17.1 Å². The summed E-state index contributed by atoms with van der Waals surface area (Å²) in [5, 5.41) is 9.49. The van der Waals surface area contributed by atoms with Gasteiger partial charge in [0.05, 0.1) is 12.4 Å². The van der Waals surface area contributed by atoms with Crippen LogP contribution in [-0.2, 0) is 23.3 Å². The normalized spacial score (nSPS) is 17.3. The number of amides is 1. The maximum atomic E-state index is 12.4. The summed E-state index contributed by atoms with van der Waals surface area (Å²) in [5.74, 6) is 0.0143. The third-order valence-corrected chi connectivity index (χ3v) is 4.05. The largest absolute Gasteiger partial charge is 2.00 e. The van der Waals surface area contributed by atoms with Crippen molar-refractivity contribution >= 4 is 23.8 Å². The van der Waals surface area contributed by atoms with E-state index < -0.39 is 5.60 Å². The molecule has 1 atom stereocenters. The first-order valence-corrected chi connectivity index (χ1v) is 9.31. The molecule has 1 aromatic carbocycles. The minimum atomic E-state index is -0.530. The number of aliphatic imine (C=N–C) groups is 1. The molecule has 8 heteroatoms. The second-order valence-corrected chi connectivity index (χ2v) is 8.18. The van der Waals surface area contributed by atoms with E-state index >= 15 is 0 Å². The summed E-state index contributed by atoms with van der Waals surface area (Å²) >= 11 is 0. The van der Waals surface area contributed by atoms with Crippen LogP contribution in [0.5, 0.6) is 0 Å². The zero-order valence-corrected chi connectivity index (χ0v) is 19.2. The van der Waals surface area contributed by atoms with Crippen molar-refractivity contribution in [2.45, 2.75) is 26.4 Å². The van der Waals surface area contributed by atoms with Crippen molar-refractivity contribution in [1.29, 1.82) is 5.26 Å². The van der Waals surface area contributed by atoms with Crippen LogP contribution in [0.25, 0.3) is 0 Å². The van der Waals surface area contributed by atoms with Crippen LogP contribution >= 0.6 is 0 Å². The second-order valence-electron chi connectivity index (χ2n) is 8.18. The van der Waals surface area contributed by atoms with Gasteiger partial charge >= 0.3 is 24.6 Å². The number of rotatable bonds is 3. The number of benzene rings is 1. The van der Waals surface area contributed by atoms with Crippen molar-refractivity contribution in [3.63, 3.8) is 0 Å². The van der Waals surface area contributed by atoms with Crippen LogP contribution in [0.4, 0.5) is 16.2 Å². The van der Waals surface area contributed by atoms with Gasteiger partial charge in [-0.3, -0.25) is 0 Å². The number of nitrogens with zero attached hydrogens (tertiary/aromatic N) is 5. The Morgan fingerprint density at radius 3 is 2.69 bits per heavy atom. The summed E-state index contributed by atoms with van der Waals surface area (Å²) in [4.78, 5) is 22.3. The predicted molar refractivity (Wildman–Crippen MR) is 111 cm³/mol. The molecule has 155 valence electrons. The summed E-state index contributed by atoms with van der Waals surface area (Å²) in [6.07, 6.45) is 1.33. The van der Waals surface area contributed by atoms with E-state index in [-0.39, 0.29) is 30.6 Å². The quantitative estimate of drug-likeness (QED) is 0.415. The predicted octanol–water partition coefficient (Wildman–Crippen LogP) is 3.08. The molecular weight excluding hydrogens is 405 g/mol. The summed E-state index contributed by atoms with van der Waals surface area (Å²) in [5.41, 5.74) is 1.34. The van der Waals surface area contributed by atoms with Gasteiger partial charge in [0, 0.05) is 33.7 Å². The van der Waals surface area contributed by atoms with E-state index in [4.69, 9.17) is 4.74 Å². The molecule has 7 nitrogen and oxygen atoms in total. The summed E-state index contributed by atoms with van der Waals surface area (Å²) in [7, 11) is 3.74. The van der Waals surface area contributed by atoms with Crippen LogP contribution in [0.3, 0.4) is 0 Å². The molecule has 0 aromatic heterocycles. The number of hydrogen-bond acceptors (Lipinski definition) is 5. The van der Waals surface area contributed by atoms with Crippen molar-refractivity contribution in [2.24, 2.45) is 10.9 Å². The number of carbonyl (C=O) groups is 1. The Morgan fingerprint density at radius 1 is 1.41 bits per heavy atom. The minimum absolute atomic E-state index is 0. The first-order chi connectivity index (χ1) is 13.1. The fraction of sp³-hybridized carbons (Fsp3) is 0.524. The van der Waals surface area contributed by atoms with Crippen LogP contribution in [0.2, 0.25) is 0 Å². The van der Waals surface area contributed by atoms with Crippen LogP contribution in [0, 0.1) is 30.2 Å². The molecule has 1 radical (unpaired) electrons. The molecule has 2 rings (SSSR count). The molecule has 1 heterocycles. The van der Waals surface area contributed by atoms with Crippen LogP contribution in [-0.4, -0.2) is 68.1 Å². The van der Waals surface area contributed by atoms with Crippen LogP contribution < -0.4 is 4.90 Å². The van der Waals surface area contributed by atoms with E-state index in [0.29, 0.717) is 37.4 Å². The molecule has 1 unspecified atom stereocenters. The average Bonchev–Trinajstić information content (AvgIpc) is 2.80. The number of nitriles is 1. The summed E-state index contributed by atoms with van der Waals surface area (Å²) < 4.78 is 5.49. The topological polar surface area (TPSA) is 72.2 Å². The molecule has 29 heavy (non-hydrogen) atoms. The van der Waals surface area contributed by atoms with Gasteiger partial charge in [0.2, 0.25) is 0 Å². The van der Waals surface area contributed by atoms with E-state index in [9.17, 15) is 10.1 Å². The van der Waals surface area contributed by atoms with Gasteiger partial charge < -0.3 is 31.4 Å². The third kappa shape index (κ3) is 7.64. The van der Waals surface area contributed by atoms with Crippen molar-refractivity contribution < 1.29 is 28.1 Å². The van der Waals surface area contributed by atoms with E-state index in [1.54, 1.807) is 23.4 Å². The Bertz CT molecular complexity index is 767. The van der Waals surface area contributed by atoms with Crippen molar-refractivity contribution in [2.75, 3.05) is 45.2 Å². The number of anilines is 1. The Morgan fingerprint density at radius 2 is 2.10 bits per heavy atom. The maximum absolute atomic E-state index is 12.4. The van der Waals surface area contributed by atoms with Gasteiger partial charge in [-0.2, -0.15) is 11.3 Å². The van der Waals surface area contributed by atoms with Crippen molar-refractivity contribution in [1.82, 2.24) is 9.80 Å². The fourth-order valence-corrected chi connectivity index (χ4v) is 2.85. The zero-order valence-electron chi connectivity index (χ0n) is 17.8. The molecule has 1 aromatic rings. The van der Waals surface area contributed by atoms with Gasteiger partial charge in [0.1, 0.15) is 5.60 Å². The minimum Gasteiger partial charge on any atom is -0.444 e. The van der Waals surface area contributed by atoms with E-state index in [0.717, 1.165) is 5.69 Å². The van der Waals surface area contributed by atoms with Crippen molar-refractivity contribution in [3.8, 4) is 6.07 Å². The molecule has 1 fully saturated rings. The molecule has 1 aliphatic rings. The third-order valence-electron chi connectivity index (χ3n) is 4.05. The smallest absolute Gasteiger partial charge is 0.444 e. The summed E-state index contributed by atoms with van der Waals surface area (Å²) in [6.45, 7) is 12.1. The van der Waals surface area contributed by atoms with Crippen molar-refractivity contribution in [3.05, 3.63) is 30.7 Å². The molecule has 1 saturated heterocycles. The van der Waals surface area contributed by atoms with E-state index in [1.165, 1.54) is 0 Å². The fourth-order valence-electron chi connectivity index (χ4n) is 2.85. The van der Waals surface area contributed by atoms with Gasteiger partial charge in [-0.25, -0.2) is 4.79 Å². The van der Waals surface area contributed by atoms with Crippen LogP contribution in [0.1, 0.15) is 26.3 Å². The second kappa shape index (κ2) is 10.6. The molecule has 0 bridgehead atoms. The number of hydrogen-bond donors (Lipinski definition) is 0. The first-order valence-electron chi connectivity index (χ1n) is 9.31. The maximum Gasteiger partial charge on any atom is 2.00 e. The van der Waals surface area contributed by atoms with Gasteiger partial charge in [0.15, 0.2) is 0 Å². The summed E-state index contributed by atoms with van der Waals surface area (Å²) in [6, 6.07) is 8.93. The number of ether oxygens (including phenoxy) is 1. The Kier molecular flexibility index (Phi) is 9.06. The van der Waals surface area contributed by atoms with E-state index in [2.05, 4.69) is 29.0 Å².